The molecule has 27 heavy (non-hydrogen) atoms. The Balaban J connectivity index is 1.88. The fourth-order valence-electron chi connectivity index (χ4n) is 2.87. The number of primary amides is 1. The van der Waals surface area contributed by atoms with Crippen LogP contribution in [-0.2, 0) is 22.7 Å². The predicted octanol–water partition coefficient (Wildman–Crippen LogP) is 2.35. The van der Waals surface area contributed by atoms with E-state index in [2.05, 4.69) is 5.32 Å². The highest BCUT2D eigenvalue weighted by Crippen LogP contribution is 2.23. The number of fused-ring (bicyclic) bond motifs is 1. The molecule has 0 aliphatic carbocycles. The summed E-state index contributed by atoms with van der Waals surface area (Å²) in [5, 5.41) is 13.0. The van der Waals surface area contributed by atoms with E-state index < -0.39 is 11.8 Å². The second-order valence-corrected chi connectivity index (χ2v) is 6.03. The third-order valence-corrected chi connectivity index (χ3v) is 4.11. The van der Waals surface area contributed by atoms with E-state index >= 15 is 0 Å². The molecule has 2 aromatic carbocycles. The molecule has 0 aliphatic heterocycles. The summed E-state index contributed by atoms with van der Waals surface area (Å²) in [4.78, 5) is 23.7. The van der Waals surface area contributed by atoms with E-state index in [-0.39, 0.29) is 12.1 Å². The molecule has 6 heteroatoms. The molecule has 0 aliphatic rings. The lowest BCUT2D eigenvalue weighted by atomic mass is 10.1. The monoisotopic (exact) mass is 358 g/mol. The van der Waals surface area contributed by atoms with Gasteiger partial charge < -0.3 is 15.6 Å². The Labute approximate surface area is 156 Å². The van der Waals surface area contributed by atoms with Crippen molar-refractivity contribution in [3.63, 3.8) is 0 Å². The summed E-state index contributed by atoms with van der Waals surface area (Å²) in [5.74, 6) is -0.916. The largest absolute Gasteiger partial charge is 0.368 e. The number of aromatic nitrogens is 1. The fourth-order valence-corrected chi connectivity index (χ4v) is 2.87. The van der Waals surface area contributed by atoms with Crippen molar-refractivity contribution in [2.75, 3.05) is 0 Å². The SMILES string of the molecule is N#C/C(=C/c1cn(CC(N)=O)c2ccccc12)C(=O)NCc1ccccc1. The Morgan fingerprint density at radius 3 is 2.52 bits per heavy atom. The Morgan fingerprint density at radius 2 is 1.81 bits per heavy atom. The second-order valence-electron chi connectivity index (χ2n) is 6.03. The van der Waals surface area contributed by atoms with Crippen LogP contribution in [0.1, 0.15) is 11.1 Å². The topological polar surface area (TPSA) is 101 Å². The highest BCUT2D eigenvalue weighted by molar-refractivity contribution is 6.04. The van der Waals surface area contributed by atoms with Crippen molar-refractivity contribution in [3.05, 3.63) is 77.5 Å². The smallest absolute Gasteiger partial charge is 0.262 e. The van der Waals surface area contributed by atoms with Gasteiger partial charge in [-0.3, -0.25) is 9.59 Å². The molecule has 0 fully saturated rings. The summed E-state index contributed by atoms with van der Waals surface area (Å²) in [5.41, 5.74) is 7.73. The number of para-hydroxylation sites is 1. The van der Waals surface area contributed by atoms with Gasteiger partial charge in [-0.1, -0.05) is 48.5 Å². The number of benzene rings is 2. The van der Waals surface area contributed by atoms with Crippen LogP contribution < -0.4 is 11.1 Å². The average molecular weight is 358 g/mol. The number of nitrogens with two attached hydrogens (primary N) is 1. The van der Waals surface area contributed by atoms with Crippen molar-refractivity contribution in [1.82, 2.24) is 9.88 Å². The van der Waals surface area contributed by atoms with Gasteiger partial charge in [-0.05, 0) is 17.7 Å². The molecule has 0 unspecified atom stereocenters. The van der Waals surface area contributed by atoms with E-state index in [0.29, 0.717) is 12.1 Å². The van der Waals surface area contributed by atoms with Crippen LogP contribution in [0, 0.1) is 11.3 Å². The molecule has 2 amide bonds. The van der Waals surface area contributed by atoms with Crippen LogP contribution in [0.4, 0.5) is 0 Å². The number of rotatable bonds is 6. The van der Waals surface area contributed by atoms with E-state index in [0.717, 1.165) is 16.5 Å². The average Bonchev–Trinajstić information content (AvgIpc) is 3.02. The van der Waals surface area contributed by atoms with Gasteiger partial charge in [0.2, 0.25) is 5.91 Å². The van der Waals surface area contributed by atoms with Crippen LogP contribution in [0.5, 0.6) is 0 Å². The minimum absolute atomic E-state index is 0.00657. The van der Waals surface area contributed by atoms with Crippen LogP contribution in [0.25, 0.3) is 17.0 Å². The number of carbonyl (C=O) groups excluding carboxylic acids is 2. The number of amides is 2. The van der Waals surface area contributed by atoms with Crippen LogP contribution >= 0.6 is 0 Å². The summed E-state index contributed by atoms with van der Waals surface area (Å²) < 4.78 is 1.71. The molecule has 0 radical (unpaired) electrons. The van der Waals surface area contributed by atoms with E-state index in [9.17, 15) is 14.9 Å². The summed E-state index contributed by atoms with van der Waals surface area (Å²) in [6.07, 6.45) is 3.25. The first-order valence-electron chi connectivity index (χ1n) is 8.38. The third kappa shape index (κ3) is 4.22. The van der Waals surface area contributed by atoms with Crippen LogP contribution in [0.15, 0.2) is 66.4 Å². The van der Waals surface area contributed by atoms with Gasteiger partial charge in [-0.25, -0.2) is 0 Å². The highest BCUT2D eigenvalue weighted by atomic mass is 16.2. The van der Waals surface area contributed by atoms with E-state index in [1.807, 2.05) is 60.7 Å². The number of nitrogens with zero attached hydrogens (tertiary/aromatic N) is 2. The van der Waals surface area contributed by atoms with Gasteiger partial charge in [-0.2, -0.15) is 5.26 Å². The first-order valence-corrected chi connectivity index (χ1v) is 8.38. The Hall–Kier alpha value is -3.85. The van der Waals surface area contributed by atoms with Gasteiger partial charge >= 0.3 is 0 Å². The number of carbonyl (C=O) groups is 2. The van der Waals surface area contributed by atoms with E-state index in [1.165, 1.54) is 6.08 Å². The summed E-state index contributed by atoms with van der Waals surface area (Å²) in [7, 11) is 0. The number of nitrogens with one attached hydrogen (secondary N) is 1. The van der Waals surface area contributed by atoms with Crippen LogP contribution in [-0.4, -0.2) is 16.4 Å². The molecule has 3 aromatic rings. The molecule has 6 nitrogen and oxygen atoms in total. The maximum atomic E-state index is 12.4. The van der Waals surface area contributed by atoms with Crippen molar-refractivity contribution >= 4 is 28.8 Å². The Bertz CT molecular complexity index is 1060. The predicted molar refractivity (Wildman–Crippen MR) is 103 cm³/mol. The molecule has 0 saturated heterocycles. The highest BCUT2D eigenvalue weighted by Gasteiger charge is 2.13. The minimum atomic E-state index is -0.465. The van der Waals surface area contributed by atoms with Crippen molar-refractivity contribution in [3.8, 4) is 6.07 Å². The summed E-state index contributed by atoms with van der Waals surface area (Å²) >= 11 is 0. The van der Waals surface area contributed by atoms with Gasteiger partial charge in [0, 0.05) is 29.2 Å². The van der Waals surface area contributed by atoms with E-state index in [1.54, 1.807) is 10.8 Å². The van der Waals surface area contributed by atoms with Crippen molar-refractivity contribution in [2.24, 2.45) is 5.73 Å². The van der Waals surface area contributed by atoms with Gasteiger partial charge in [-0.15, -0.1) is 0 Å². The molecule has 0 saturated carbocycles. The minimum Gasteiger partial charge on any atom is -0.368 e. The molecule has 3 N–H and O–H groups in total. The first-order chi connectivity index (χ1) is 13.1. The molecule has 0 atom stereocenters. The van der Waals surface area contributed by atoms with Gasteiger partial charge in [0.1, 0.15) is 18.2 Å². The molecule has 3 rings (SSSR count). The van der Waals surface area contributed by atoms with Gasteiger partial charge in [0.15, 0.2) is 0 Å². The maximum Gasteiger partial charge on any atom is 0.262 e. The molecule has 0 bridgehead atoms. The Morgan fingerprint density at radius 1 is 1.11 bits per heavy atom. The lowest BCUT2D eigenvalue weighted by Crippen LogP contribution is -2.23. The number of nitriles is 1. The molecule has 1 aromatic heterocycles. The third-order valence-electron chi connectivity index (χ3n) is 4.11. The number of hydrogen-bond donors (Lipinski definition) is 2. The standard InChI is InChI=1S/C21H18N4O2/c22-11-16(21(27)24-12-15-6-2-1-3-7-15)10-17-13-25(14-20(23)26)19-9-5-4-8-18(17)19/h1-10,13H,12,14H2,(H2,23,26)(H,24,27)/b16-10-. The quantitative estimate of drug-likeness (QED) is 0.522. The molecule has 134 valence electrons. The Kier molecular flexibility index (Phi) is 5.33. The molecule has 0 spiro atoms. The summed E-state index contributed by atoms with van der Waals surface area (Å²) in [6, 6.07) is 18.8. The molecule has 1 heterocycles. The molecular formula is C21H18N4O2. The van der Waals surface area contributed by atoms with E-state index in [4.69, 9.17) is 5.73 Å². The molecular weight excluding hydrogens is 340 g/mol. The van der Waals surface area contributed by atoms with Gasteiger partial charge in [0.05, 0.1) is 0 Å². The van der Waals surface area contributed by atoms with Crippen molar-refractivity contribution in [1.29, 1.82) is 5.26 Å². The zero-order valence-corrected chi connectivity index (χ0v) is 14.6. The first kappa shape index (κ1) is 18.0. The van der Waals surface area contributed by atoms with Crippen LogP contribution in [0.2, 0.25) is 0 Å². The van der Waals surface area contributed by atoms with Crippen LogP contribution in [0.3, 0.4) is 0 Å². The lowest BCUT2D eigenvalue weighted by molar-refractivity contribution is -0.118. The normalized spacial score (nSPS) is 11.1. The lowest BCUT2D eigenvalue weighted by Gasteiger charge is -2.04. The zero-order valence-electron chi connectivity index (χ0n) is 14.6. The zero-order chi connectivity index (χ0) is 19.2. The second kappa shape index (κ2) is 8.02. The number of hydrogen-bond acceptors (Lipinski definition) is 3. The fraction of sp³-hybridized carbons (Fsp3) is 0.0952. The summed E-state index contributed by atoms with van der Waals surface area (Å²) in [6.45, 7) is 0.360. The van der Waals surface area contributed by atoms with Gasteiger partial charge in [0.25, 0.3) is 5.91 Å². The van der Waals surface area contributed by atoms with Crippen molar-refractivity contribution in [2.45, 2.75) is 13.1 Å². The van der Waals surface area contributed by atoms with Crippen molar-refractivity contribution < 1.29 is 9.59 Å². The maximum absolute atomic E-state index is 12.4.